The number of likely N-dealkylation sites (tertiary alicyclic amines) is 1. The van der Waals surface area contributed by atoms with Gasteiger partial charge >= 0.3 is 6.18 Å². The first-order valence-corrected chi connectivity index (χ1v) is 14.5. The number of carbonyl (C=O) groups excluding carboxylic acids is 1. The Morgan fingerprint density at radius 1 is 1.11 bits per heavy atom. The van der Waals surface area contributed by atoms with Gasteiger partial charge in [-0.1, -0.05) is 6.92 Å². The van der Waals surface area contributed by atoms with E-state index < -0.39 is 29.0 Å². The molecule has 1 amide bonds. The molecular formula is C32H33F4N7O2. The average molecular weight is 624 g/mol. The molecule has 1 aliphatic heterocycles. The minimum absolute atomic E-state index is 0.0510. The van der Waals surface area contributed by atoms with Crippen LogP contribution in [0.2, 0.25) is 0 Å². The molecule has 236 valence electrons. The number of benzene rings is 2. The van der Waals surface area contributed by atoms with Crippen LogP contribution in [-0.4, -0.2) is 64.0 Å². The molecular weight excluding hydrogens is 590 g/mol. The van der Waals surface area contributed by atoms with Crippen LogP contribution in [0, 0.1) is 12.7 Å². The maximum absolute atomic E-state index is 15.3. The van der Waals surface area contributed by atoms with Crippen LogP contribution in [0.4, 0.5) is 28.9 Å². The number of carbonyl (C=O) groups is 1. The molecule has 13 heteroatoms. The molecule has 0 bridgehead atoms. The monoisotopic (exact) mass is 623 g/mol. The highest BCUT2D eigenvalue weighted by atomic mass is 19.4. The van der Waals surface area contributed by atoms with Gasteiger partial charge in [0.15, 0.2) is 5.82 Å². The number of pyridine rings is 1. The molecule has 0 atom stereocenters. The van der Waals surface area contributed by atoms with Crippen molar-refractivity contribution in [3.05, 3.63) is 83.3 Å². The highest BCUT2D eigenvalue weighted by Gasteiger charge is 2.32. The molecule has 4 aromatic rings. The number of rotatable bonds is 8. The molecule has 0 unspecified atom stereocenters. The Hall–Kier alpha value is -4.65. The number of hydrogen-bond donors (Lipinski definition) is 1. The third-order valence-electron chi connectivity index (χ3n) is 7.85. The van der Waals surface area contributed by atoms with E-state index in [0.717, 1.165) is 44.1 Å². The van der Waals surface area contributed by atoms with E-state index in [-0.39, 0.29) is 23.4 Å². The zero-order chi connectivity index (χ0) is 32.3. The fraction of sp³-hybridized carbons (Fsp3) is 0.344. The molecule has 45 heavy (non-hydrogen) atoms. The normalized spacial score (nSPS) is 14.3. The number of alkyl halides is 3. The first kappa shape index (κ1) is 31.8. The summed E-state index contributed by atoms with van der Waals surface area (Å²) in [6, 6.07) is 8.97. The Balaban J connectivity index is 1.47. The lowest BCUT2D eigenvalue weighted by Gasteiger charge is -2.37. The fourth-order valence-electron chi connectivity index (χ4n) is 5.20. The number of nitrogens with one attached hydrogen (secondary N) is 1. The third-order valence-corrected chi connectivity index (χ3v) is 7.85. The van der Waals surface area contributed by atoms with Gasteiger partial charge in [-0.15, -0.1) is 0 Å². The molecule has 0 saturated carbocycles. The molecule has 2 aromatic carbocycles. The van der Waals surface area contributed by atoms with Crippen LogP contribution < -0.4 is 15.0 Å². The van der Waals surface area contributed by atoms with Gasteiger partial charge < -0.3 is 19.9 Å². The Morgan fingerprint density at radius 2 is 1.87 bits per heavy atom. The number of nitrogens with zero attached hydrogens (tertiary/aromatic N) is 6. The van der Waals surface area contributed by atoms with Crippen molar-refractivity contribution in [2.45, 2.75) is 45.3 Å². The quantitative estimate of drug-likeness (QED) is 0.221. The van der Waals surface area contributed by atoms with Crippen LogP contribution >= 0.6 is 0 Å². The van der Waals surface area contributed by atoms with Gasteiger partial charge in [0.05, 0.1) is 28.1 Å². The van der Waals surface area contributed by atoms with Crippen molar-refractivity contribution in [2.24, 2.45) is 0 Å². The number of halogens is 4. The maximum atomic E-state index is 15.3. The fourth-order valence-corrected chi connectivity index (χ4v) is 5.20. The zero-order valence-electron chi connectivity index (χ0n) is 25.3. The minimum Gasteiger partial charge on any atom is -0.438 e. The van der Waals surface area contributed by atoms with Crippen LogP contribution in [0.5, 0.6) is 11.6 Å². The van der Waals surface area contributed by atoms with Gasteiger partial charge in [0.25, 0.3) is 5.91 Å². The topological polar surface area (TPSA) is 96.4 Å². The summed E-state index contributed by atoms with van der Waals surface area (Å²) in [7, 11) is 3.80. The van der Waals surface area contributed by atoms with Crippen LogP contribution in [0.1, 0.15) is 47.1 Å². The number of anilines is 2. The van der Waals surface area contributed by atoms with Crippen LogP contribution in [0.25, 0.3) is 11.4 Å². The number of piperidine rings is 1. The minimum atomic E-state index is -4.64. The molecule has 9 nitrogen and oxygen atoms in total. The predicted molar refractivity (Wildman–Crippen MR) is 162 cm³/mol. The molecule has 3 heterocycles. The molecule has 1 fully saturated rings. The van der Waals surface area contributed by atoms with Crippen LogP contribution in [0.3, 0.4) is 0 Å². The van der Waals surface area contributed by atoms with Crippen molar-refractivity contribution < 1.29 is 27.1 Å². The van der Waals surface area contributed by atoms with Crippen LogP contribution in [-0.2, 0) is 12.6 Å². The number of hydrogen-bond acceptors (Lipinski definition) is 8. The number of amides is 1. The predicted octanol–water partition coefficient (Wildman–Crippen LogP) is 6.54. The molecule has 0 aliphatic carbocycles. The SMILES string of the molecule is CCc1ncnc(-c2cccnc2Oc2cc(C(=O)Nc3cc(C(F)(F)F)ccc3N(C)C3CCN(C)CC3)c(F)cc2C)n1. The van der Waals surface area contributed by atoms with Gasteiger partial charge in [-0.2, -0.15) is 13.2 Å². The van der Waals surface area contributed by atoms with Gasteiger partial charge in [0.1, 0.15) is 23.7 Å². The first-order chi connectivity index (χ1) is 21.4. The third kappa shape index (κ3) is 7.19. The van der Waals surface area contributed by atoms with Crippen molar-refractivity contribution in [1.82, 2.24) is 24.8 Å². The van der Waals surface area contributed by atoms with E-state index in [1.807, 2.05) is 18.9 Å². The van der Waals surface area contributed by atoms with E-state index in [0.29, 0.717) is 34.9 Å². The molecule has 5 rings (SSSR count). The summed E-state index contributed by atoms with van der Waals surface area (Å²) >= 11 is 0. The average Bonchev–Trinajstić information content (AvgIpc) is 3.02. The zero-order valence-corrected chi connectivity index (χ0v) is 25.3. The summed E-state index contributed by atoms with van der Waals surface area (Å²) in [6.07, 6.45) is 0.432. The van der Waals surface area contributed by atoms with E-state index in [1.54, 1.807) is 26.1 Å². The molecule has 1 N–H and O–H groups in total. The van der Waals surface area contributed by atoms with Crippen molar-refractivity contribution in [2.75, 3.05) is 37.4 Å². The summed E-state index contributed by atoms with van der Waals surface area (Å²) in [5.41, 5.74) is -0.197. The second kappa shape index (κ2) is 13.1. The Kier molecular flexibility index (Phi) is 9.28. The summed E-state index contributed by atoms with van der Waals surface area (Å²) in [5.74, 6) is -0.650. The summed E-state index contributed by atoms with van der Waals surface area (Å²) < 4.78 is 62.4. The van der Waals surface area contributed by atoms with Gasteiger partial charge in [-0.05, 0) is 87.9 Å². The van der Waals surface area contributed by atoms with E-state index in [1.165, 1.54) is 24.7 Å². The van der Waals surface area contributed by atoms with Crippen LogP contribution in [0.15, 0.2) is 55.0 Å². The van der Waals surface area contributed by atoms with Gasteiger partial charge in [-0.3, -0.25) is 4.79 Å². The molecule has 0 radical (unpaired) electrons. The summed E-state index contributed by atoms with van der Waals surface area (Å²) in [6.45, 7) is 5.17. The maximum Gasteiger partial charge on any atom is 0.416 e. The Morgan fingerprint density at radius 3 is 2.58 bits per heavy atom. The van der Waals surface area contributed by atoms with Gasteiger partial charge in [0, 0.05) is 25.7 Å². The van der Waals surface area contributed by atoms with E-state index in [4.69, 9.17) is 4.74 Å². The molecule has 2 aromatic heterocycles. The van der Waals surface area contributed by atoms with Crippen molar-refractivity contribution in [3.8, 4) is 23.0 Å². The Bertz CT molecular complexity index is 1690. The summed E-state index contributed by atoms with van der Waals surface area (Å²) in [5, 5.41) is 2.54. The lowest BCUT2D eigenvalue weighted by atomic mass is 10.0. The largest absolute Gasteiger partial charge is 0.438 e. The number of aryl methyl sites for hydroxylation is 2. The number of aromatic nitrogens is 4. The smallest absolute Gasteiger partial charge is 0.416 e. The second-order valence-electron chi connectivity index (χ2n) is 11.0. The molecule has 1 aliphatic rings. The lowest BCUT2D eigenvalue weighted by molar-refractivity contribution is -0.137. The van der Waals surface area contributed by atoms with Crippen molar-refractivity contribution >= 4 is 17.3 Å². The van der Waals surface area contributed by atoms with Crippen molar-refractivity contribution in [1.29, 1.82) is 0 Å². The number of ether oxygens (including phenoxy) is 1. The van der Waals surface area contributed by atoms with Crippen molar-refractivity contribution in [3.63, 3.8) is 0 Å². The standard InChI is InChI=1S/C32H33F4N7O2/c1-5-28-38-18-39-29(41-28)22-7-6-12-37-31(22)45-27-17-23(24(33)15-19(27)2)30(44)40-25-16-20(32(34,35)36)8-9-26(25)43(4)21-10-13-42(3)14-11-21/h6-9,12,15-18,21H,5,10-11,13-14H2,1-4H3,(H,40,44). The first-order valence-electron chi connectivity index (χ1n) is 14.5. The van der Waals surface area contributed by atoms with Gasteiger partial charge in [-0.25, -0.2) is 24.3 Å². The highest BCUT2D eigenvalue weighted by Crippen LogP contribution is 2.38. The molecule has 1 saturated heterocycles. The Labute approximate surface area is 258 Å². The summed E-state index contributed by atoms with van der Waals surface area (Å²) in [4.78, 5) is 34.6. The lowest BCUT2D eigenvalue weighted by Crippen LogP contribution is -2.42. The highest BCUT2D eigenvalue weighted by molar-refractivity contribution is 6.06. The van der Waals surface area contributed by atoms with E-state index >= 15 is 4.39 Å². The molecule has 0 spiro atoms. The van der Waals surface area contributed by atoms with E-state index in [9.17, 15) is 18.0 Å². The van der Waals surface area contributed by atoms with Gasteiger partial charge in [0.2, 0.25) is 5.88 Å². The second-order valence-corrected chi connectivity index (χ2v) is 11.0. The van der Waals surface area contributed by atoms with E-state index in [2.05, 4.69) is 30.2 Å².